The second kappa shape index (κ2) is 2.67. The highest BCUT2D eigenvalue weighted by Gasteiger charge is 1.99. The van der Waals surface area contributed by atoms with Gasteiger partial charge in [0.1, 0.15) is 12.1 Å². The van der Waals surface area contributed by atoms with E-state index in [0.717, 1.165) is 11.0 Å². The van der Waals surface area contributed by atoms with Gasteiger partial charge in [-0.3, -0.25) is 0 Å². The Hall–Kier alpha value is -1.82. The Kier molecular flexibility index (Phi) is 1.52. The first kappa shape index (κ1) is 6.86. The summed E-state index contributed by atoms with van der Waals surface area (Å²) in [6, 6.07) is 7.73. The van der Waals surface area contributed by atoms with E-state index in [1.54, 1.807) is 4.68 Å². The molecule has 2 aromatic rings. The lowest BCUT2D eigenvalue weighted by Crippen LogP contribution is -1.96. The second-order valence-electron chi connectivity index (χ2n) is 2.44. The number of hydrogen-bond donors (Lipinski definition) is 0. The van der Waals surface area contributed by atoms with Crippen molar-refractivity contribution in [2.75, 3.05) is 0 Å². The van der Waals surface area contributed by atoms with Crippen LogP contribution in [0.25, 0.3) is 11.0 Å². The van der Waals surface area contributed by atoms with E-state index in [0.29, 0.717) is 6.54 Å². The third kappa shape index (κ3) is 0.940. The van der Waals surface area contributed by atoms with Crippen molar-refractivity contribution in [3.63, 3.8) is 0 Å². The minimum atomic E-state index is 0.473. The highest BCUT2D eigenvalue weighted by Crippen LogP contribution is 2.08. The second-order valence-corrected chi connectivity index (χ2v) is 2.44. The lowest BCUT2D eigenvalue weighted by Gasteiger charge is -1.92. The van der Waals surface area contributed by atoms with Crippen LogP contribution in [0.15, 0.2) is 24.3 Å². The third-order valence-corrected chi connectivity index (χ3v) is 1.66. The minimum absolute atomic E-state index is 0.473. The van der Waals surface area contributed by atoms with Crippen LogP contribution in [0, 0.1) is 12.3 Å². The van der Waals surface area contributed by atoms with Crippen LogP contribution in [0.4, 0.5) is 0 Å². The van der Waals surface area contributed by atoms with E-state index >= 15 is 0 Å². The first-order valence-electron chi connectivity index (χ1n) is 3.63. The molecular formula is C9H7N3. The van der Waals surface area contributed by atoms with Gasteiger partial charge in [-0.1, -0.05) is 23.3 Å². The van der Waals surface area contributed by atoms with Crippen molar-refractivity contribution in [1.82, 2.24) is 15.0 Å². The van der Waals surface area contributed by atoms with Gasteiger partial charge in [-0.15, -0.1) is 11.5 Å². The molecule has 2 rings (SSSR count). The monoisotopic (exact) mass is 157 g/mol. The van der Waals surface area contributed by atoms with E-state index < -0.39 is 0 Å². The third-order valence-electron chi connectivity index (χ3n) is 1.66. The SMILES string of the molecule is C#CCn1nnc2ccccc21. The number of rotatable bonds is 1. The zero-order valence-electron chi connectivity index (χ0n) is 6.44. The van der Waals surface area contributed by atoms with Crippen molar-refractivity contribution in [2.24, 2.45) is 0 Å². The Labute approximate surface area is 70.0 Å². The number of benzene rings is 1. The molecule has 58 valence electrons. The molecule has 0 aliphatic carbocycles. The Morgan fingerprint density at radius 3 is 3.08 bits per heavy atom. The largest absolute Gasteiger partial charge is 0.233 e. The highest BCUT2D eigenvalue weighted by molar-refractivity contribution is 5.73. The molecule has 0 aliphatic heterocycles. The number of fused-ring (bicyclic) bond motifs is 1. The van der Waals surface area contributed by atoms with Crippen molar-refractivity contribution < 1.29 is 0 Å². The molecule has 0 spiro atoms. The molecule has 0 unspecified atom stereocenters. The molecule has 1 aromatic carbocycles. The molecule has 12 heavy (non-hydrogen) atoms. The van der Waals surface area contributed by atoms with E-state index in [4.69, 9.17) is 6.42 Å². The first-order valence-corrected chi connectivity index (χ1v) is 3.63. The van der Waals surface area contributed by atoms with Crippen LogP contribution in [0.3, 0.4) is 0 Å². The summed E-state index contributed by atoms with van der Waals surface area (Å²) in [7, 11) is 0. The van der Waals surface area contributed by atoms with Gasteiger partial charge in [0.15, 0.2) is 0 Å². The number of nitrogens with zero attached hydrogens (tertiary/aromatic N) is 3. The van der Waals surface area contributed by atoms with Crippen molar-refractivity contribution in [2.45, 2.75) is 6.54 Å². The van der Waals surface area contributed by atoms with Crippen LogP contribution in [-0.4, -0.2) is 15.0 Å². The van der Waals surface area contributed by atoms with Crippen LogP contribution in [0.1, 0.15) is 0 Å². The fraction of sp³-hybridized carbons (Fsp3) is 0.111. The molecule has 0 amide bonds. The number of hydrogen-bond acceptors (Lipinski definition) is 2. The maximum Gasteiger partial charge on any atom is 0.113 e. The number of terminal acetylenes is 1. The molecule has 0 N–H and O–H groups in total. The molecule has 1 aromatic heterocycles. The summed E-state index contributed by atoms with van der Waals surface area (Å²) >= 11 is 0. The van der Waals surface area contributed by atoms with Crippen LogP contribution in [0.2, 0.25) is 0 Å². The normalized spacial score (nSPS) is 9.92. The predicted molar refractivity (Wildman–Crippen MR) is 46.4 cm³/mol. The zero-order valence-corrected chi connectivity index (χ0v) is 6.44. The summed E-state index contributed by atoms with van der Waals surface area (Å²) in [6.45, 7) is 0.473. The highest BCUT2D eigenvalue weighted by atomic mass is 15.4. The van der Waals surface area contributed by atoms with E-state index in [9.17, 15) is 0 Å². The lowest BCUT2D eigenvalue weighted by molar-refractivity contribution is 0.694. The van der Waals surface area contributed by atoms with Gasteiger partial charge in [0, 0.05) is 0 Å². The average Bonchev–Trinajstić information content (AvgIpc) is 2.50. The van der Waals surface area contributed by atoms with Gasteiger partial charge in [-0.2, -0.15) is 0 Å². The van der Waals surface area contributed by atoms with E-state index in [1.165, 1.54) is 0 Å². The van der Waals surface area contributed by atoms with Crippen molar-refractivity contribution >= 4 is 11.0 Å². The summed E-state index contributed by atoms with van der Waals surface area (Å²) in [4.78, 5) is 0. The summed E-state index contributed by atoms with van der Waals surface area (Å²) < 4.78 is 1.70. The summed E-state index contributed by atoms with van der Waals surface area (Å²) in [5.41, 5.74) is 1.86. The molecule has 0 bridgehead atoms. The maximum absolute atomic E-state index is 5.17. The number of aromatic nitrogens is 3. The molecule has 0 radical (unpaired) electrons. The Balaban J connectivity index is 2.64. The Bertz CT molecular complexity index is 436. The molecule has 3 nitrogen and oxygen atoms in total. The van der Waals surface area contributed by atoms with Crippen LogP contribution in [0.5, 0.6) is 0 Å². The average molecular weight is 157 g/mol. The fourth-order valence-corrected chi connectivity index (χ4v) is 1.12. The van der Waals surface area contributed by atoms with Crippen LogP contribution >= 0.6 is 0 Å². The zero-order chi connectivity index (χ0) is 8.39. The van der Waals surface area contributed by atoms with Gasteiger partial charge >= 0.3 is 0 Å². The molecule has 0 saturated heterocycles. The van der Waals surface area contributed by atoms with Crippen LogP contribution < -0.4 is 0 Å². The standard InChI is InChI=1S/C9H7N3/c1-2-7-12-9-6-4-3-5-8(9)10-11-12/h1,3-6H,7H2. The molecule has 0 aliphatic rings. The molecule has 3 heteroatoms. The Morgan fingerprint density at radius 1 is 1.42 bits per heavy atom. The van der Waals surface area contributed by atoms with Gasteiger partial charge in [0.2, 0.25) is 0 Å². The van der Waals surface area contributed by atoms with Crippen molar-refractivity contribution in [3.8, 4) is 12.3 Å². The van der Waals surface area contributed by atoms with Crippen molar-refractivity contribution in [3.05, 3.63) is 24.3 Å². The number of para-hydroxylation sites is 1. The van der Waals surface area contributed by atoms with Gasteiger partial charge in [0.05, 0.1) is 5.52 Å². The summed E-state index contributed by atoms with van der Waals surface area (Å²) in [5.74, 6) is 2.52. The molecule has 0 fully saturated rings. The molecule has 1 heterocycles. The van der Waals surface area contributed by atoms with Gasteiger partial charge in [-0.05, 0) is 12.1 Å². The smallest absolute Gasteiger partial charge is 0.113 e. The minimum Gasteiger partial charge on any atom is -0.233 e. The van der Waals surface area contributed by atoms with Gasteiger partial charge in [0.25, 0.3) is 0 Å². The lowest BCUT2D eigenvalue weighted by atomic mass is 10.3. The topological polar surface area (TPSA) is 30.7 Å². The quantitative estimate of drug-likeness (QED) is 0.579. The maximum atomic E-state index is 5.17. The van der Waals surface area contributed by atoms with Gasteiger partial charge in [-0.25, -0.2) is 4.68 Å². The molecule has 0 saturated carbocycles. The van der Waals surface area contributed by atoms with Crippen molar-refractivity contribution in [1.29, 1.82) is 0 Å². The Morgan fingerprint density at radius 2 is 2.25 bits per heavy atom. The van der Waals surface area contributed by atoms with Gasteiger partial charge < -0.3 is 0 Å². The first-order chi connectivity index (χ1) is 5.92. The predicted octanol–water partition coefficient (Wildman–Crippen LogP) is 1.06. The molecule has 0 atom stereocenters. The van der Waals surface area contributed by atoms with E-state index in [2.05, 4.69) is 16.2 Å². The fourth-order valence-electron chi connectivity index (χ4n) is 1.12. The summed E-state index contributed by atoms with van der Waals surface area (Å²) in [6.07, 6.45) is 5.17. The van der Waals surface area contributed by atoms with E-state index in [1.807, 2.05) is 24.3 Å². The van der Waals surface area contributed by atoms with E-state index in [-0.39, 0.29) is 0 Å². The summed E-state index contributed by atoms with van der Waals surface area (Å²) in [5, 5.41) is 7.86. The molecular weight excluding hydrogens is 150 g/mol. The van der Waals surface area contributed by atoms with Crippen LogP contribution in [-0.2, 0) is 6.54 Å².